The van der Waals surface area contributed by atoms with Crippen LogP contribution in [-0.2, 0) is 13.0 Å². The Morgan fingerprint density at radius 1 is 0.900 bits per heavy atom. The molecule has 152 valence electrons. The van der Waals surface area contributed by atoms with Gasteiger partial charge in [0.05, 0.1) is 11.5 Å². The van der Waals surface area contributed by atoms with Gasteiger partial charge in [0.15, 0.2) is 0 Å². The molecule has 0 saturated heterocycles. The normalized spacial score (nSPS) is 11.0. The molecular weight excluding hydrogens is 390 g/mol. The van der Waals surface area contributed by atoms with E-state index in [0.717, 1.165) is 26.1 Å². The second-order valence-corrected chi connectivity index (χ2v) is 8.56. The molecule has 30 heavy (non-hydrogen) atoms. The van der Waals surface area contributed by atoms with Gasteiger partial charge in [-0.15, -0.1) is 11.3 Å². The van der Waals surface area contributed by atoms with Crippen molar-refractivity contribution in [1.29, 1.82) is 0 Å². The molecule has 4 aromatic rings. The summed E-state index contributed by atoms with van der Waals surface area (Å²) in [5.74, 6) is -0.0174. The van der Waals surface area contributed by atoms with Crippen LogP contribution in [0.4, 0.5) is 0 Å². The molecule has 4 heteroatoms. The number of hydrogen-bond donors (Lipinski definition) is 1. The number of rotatable bonds is 7. The number of thiophene rings is 1. The van der Waals surface area contributed by atoms with Gasteiger partial charge in [0.1, 0.15) is 0 Å². The van der Waals surface area contributed by atoms with E-state index in [1.807, 2.05) is 42.5 Å². The molecule has 3 nitrogen and oxygen atoms in total. The minimum absolute atomic E-state index is 0.0174. The van der Waals surface area contributed by atoms with Crippen LogP contribution >= 0.6 is 11.3 Å². The molecule has 0 unspecified atom stereocenters. The molecule has 0 aliphatic heterocycles. The lowest BCUT2D eigenvalue weighted by Crippen LogP contribution is -2.33. The molecule has 1 heterocycles. The van der Waals surface area contributed by atoms with Crippen LogP contribution in [0.2, 0.25) is 0 Å². The fraction of sp³-hybridized carbons (Fsp3) is 0.192. The van der Waals surface area contributed by atoms with Gasteiger partial charge < -0.3 is 10.0 Å². The number of aliphatic hydroxyl groups is 1. The Kier molecular flexibility index (Phi) is 6.26. The highest BCUT2D eigenvalue weighted by Gasteiger charge is 2.23. The number of amides is 1. The molecule has 4 rings (SSSR count). The molecule has 0 radical (unpaired) electrons. The monoisotopic (exact) mass is 415 g/mol. The molecule has 1 aromatic heterocycles. The summed E-state index contributed by atoms with van der Waals surface area (Å²) in [5, 5.41) is 10.7. The van der Waals surface area contributed by atoms with Gasteiger partial charge in [-0.25, -0.2) is 0 Å². The largest absolute Gasteiger partial charge is 0.395 e. The fourth-order valence-corrected chi connectivity index (χ4v) is 4.87. The fourth-order valence-electron chi connectivity index (χ4n) is 3.68. The number of aliphatic hydroxyl groups excluding tert-OH is 1. The van der Waals surface area contributed by atoms with Gasteiger partial charge >= 0.3 is 0 Å². The van der Waals surface area contributed by atoms with Crippen molar-refractivity contribution in [3.8, 4) is 0 Å². The van der Waals surface area contributed by atoms with Gasteiger partial charge in [0.25, 0.3) is 5.91 Å². The summed E-state index contributed by atoms with van der Waals surface area (Å²) in [4.78, 5) is 16.1. The first-order valence-corrected chi connectivity index (χ1v) is 11.0. The van der Waals surface area contributed by atoms with Crippen molar-refractivity contribution in [2.75, 3.05) is 13.2 Å². The first kappa shape index (κ1) is 20.3. The van der Waals surface area contributed by atoms with Crippen molar-refractivity contribution >= 4 is 27.3 Å². The van der Waals surface area contributed by atoms with Crippen LogP contribution < -0.4 is 0 Å². The molecule has 0 aliphatic rings. The van der Waals surface area contributed by atoms with Crippen LogP contribution in [0.25, 0.3) is 10.1 Å². The van der Waals surface area contributed by atoms with Gasteiger partial charge in [-0.3, -0.25) is 4.79 Å². The van der Waals surface area contributed by atoms with Crippen LogP contribution in [0.5, 0.6) is 0 Å². The standard InChI is InChI=1S/C26H25NO2S/c1-19-11-13-20(14-12-19)17-23-22-9-5-6-10-24(22)30-25(23)26(29)27(15-16-28)18-21-7-3-2-4-8-21/h2-14,28H,15-18H2,1H3. The van der Waals surface area contributed by atoms with E-state index < -0.39 is 0 Å². The molecule has 0 bridgehead atoms. The average Bonchev–Trinajstić information content (AvgIpc) is 3.14. The lowest BCUT2D eigenvalue weighted by molar-refractivity contribution is 0.0712. The predicted octanol–water partition coefficient (Wildman–Crippen LogP) is 5.44. The van der Waals surface area contributed by atoms with E-state index in [0.29, 0.717) is 19.5 Å². The Labute approximate surface area is 181 Å². The van der Waals surface area contributed by atoms with Crippen LogP contribution in [-0.4, -0.2) is 29.1 Å². The van der Waals surface area contributed by atoms with Gasteiger partial charge in [-0.05, 0) is 41.5 Å². The summed E-state index contributed by atoms with van der Waals surface area (Å²) >= 11 is 1.55. The van der Waals surface area contributed by atoms with Crippen molar-refractivity contribution in [3.05, 3.63) is 106 Å². The van der Waals surface area contributed by atoms with Gasteiger partial charge in [0, 0.05) is 17.8 Å². The molecule has 0 saturated carbocycles. The Bertz CT molecular complexity index is 1130. The second kappa shape index (κ2) is 9.24. The van der Waals surface area contributed by atoms with E-state index >= 15 is 0 Å². The number of carbonyl (C=O) groups excluding carboxylic acids is 1. The van der Waals surface area contributed by atoms with Crippen molar-refractivity contribution in [1.82, 2.24) is 4.90 Å². The maximum absolute atomic E-state index is 13.6. The smallest absolute Gasteiger partial charge is 0.264 e. The van der Waals surface area contributed by atoms with Crippen molar-refractivity contribution in [2.45, 2.75) is 19.9 Å². The highest BCUT2D eigenvalue weighted by atomic mass is 32.1. The predicted molar refractivity (Wildman–Crippen MR) is 124 cm³/mol. The average molecular weight is 416 g/mol. The van der Waals surface area contributed by atoms with Gasteiger partial charge in [-0.2, -0.15) is 0 Å². The molecule has 0 atom stereocenters. The van der Waals surface area contributed by atoms with Crippen LogP contribution in [0.3, 0.4) is 0 Å². The number of fused-ring (bicyclic) bond motifs is 1. The van der Waals surface area contributed by atoms with E-state index in [1.165, 1.54) is 11.1 Å². The Morgan fingerprint density at radius 3 is 2.33 bits per heavy atom. The summed E-state index contributed by atoms with van der Waals surface area (Å²) in [5.41, 5.74) is 4.54. The van der Waals surface area contributed by atoms with Crippen molar-refractivity contribution < 1.29 is 9.90 Å². The minimum Gasteiger partial charge on any atom is -0.395 e. The number of aryl methyl sites for hydroxylation is 1. The molecule has 1 amide bonds. The number of nitrogens with zero attached hydrogens (tertiary/aromatic N) is 1. The molecule has 0 spiro atoms. The number of hydrogen-bond acceptors (Lipinski definition) is 3. The van der Waals surface area contributed by atoms with E-state index in [1.54, 1.807) is 16.2 Å². The zero-order valence-corrected chi connectivity index (χ0v) is 17.9. The first-order chi connectivity index (χ1) is 14.7. The third-order valence-corrected chi connectivity index (χ3v) is 6.47. The topological polar surface area (TPSA) is 40.5 Å². The lowest BCUT2D eigenvalue weighted by Gasteiger charge is -2.22. The van der Waals surface area contributed by atoms with E-state index in [-0.39, 0.29) is 12.5 Å². The second-order valence-electron chi connectivity index (χ2n) is 7.50. The Balaban J connectivity index is 1.72. The van der Waals surface area contributed by atoms with E-state index in [9.17, 15) is 9.90 Å². The van der Waals surface area contributed by atoms with Gasteiger partial charge in [0.2, 0.25) is 0 Å². The highest BCUT2D eigenvalue weighted by Crippen LogP contribution is 2.34. The molecule has 0 fully saturated rings. The quantitative estimate of drug-likeness (QED) is 0.437. The van der Waals surface area contributed by atoms with Crippen LogP contribution in [0.15, 0.2) is 78.9 Å². The number of benzene rings is 3. The van der Waals surface area contributed by atoms with Gasteiger partial charge in [-0.1, -0.05) is 78.4 Å². The SMILES string of the molecule is Cc1ccc(Cc2c(C(=O)N(CCO)Cc3ccccc3)sc3ccccc23)cc1. The summed E-state index contributed by atoms with van der Waals surface area (Å²) in [6, 6.07) is 26.6. The molecular formula is C26H25NO2S. The summed E-state index contributed by atoms with van der Waals surface area (Å²) in [7, 11) is 0. The summed E-state index contributed by atoms with van der Waals surface area (Å²) in [6.45, 7) is 2.82. The van der Waals surface area contributed by atoms with Crippen LogP contribution in [0, 0.1) is 6.92 Å². The summed E-state index contributed by atoms with van der Waals surface area (Å²) < 4.78 is 1.12. The molecule has 1 N–H and O–H groups in total. The van der Waals surface area contributed by atoms with Crippen molar-refractivity contribution in [3.63, 3.8) is 0 Å². The molecule has 3 aromatic carbocycles. The number of carbonyl (C=O) groups is 1. The minimum atomic E-state index is -0.0588. The lowest BCUT2D eigenvalue weighted by atomic mass is 10.0. The zero-order valence-electron chi connectivity index (χ0n) is 17.0. The highest BCUT2D eigenvalue weighted by molar-refractivity contribution is 7.21. The maximum Gasteiger partial charge on any atom is 0.264 e. The van der Waals surface area contributed by atoms with Crippen molar-refractivity contribution in [2.24, 2.45) is 0 Å². The zero-order chi connectivity index (χ0) is 20.9. The third-order valence-electron chi connectivity index (χ3n) is 5.27. The Morgan fingerprint density at radius 2 is 1.60 bits per heavy atom. The Hall–Kier alpha value is -2.95. The van der Waals surface area contributed by atoms with E-state index in [2.05, 4.69) is 43.3 Å². The van der Waals surface area contributed by atoms with Crippen LogP contribution in [0.1, 0.15) is 31.9 Å². The molecule has 0 aliphatic carbocycles. The third kappa shape index (κ3) is 4.45. The first-order valence-electron chi connectivity index (χ1n) is 10.2. The summed E-state index contributed by atoms with van der Waals surface area (Å²) in [6.07, 6.45) is 0.712. The maximum atomic E-state index is 13.6. The van der Waals surface area contributed by atoms with E-state index in [4.69, 9.17) is 0 Å².